The van der Waals surface area contributed by atoms with Gasteiger partial charge in [-0.3, -0.25) is 4.79 Å². The minimum atomic E-state index is 0.179. The highest BCUT2D eigenvalue weighted by atomic mass is 32.2. The average molecular weight is 266 g/mol. The Balaban J connectivity index is 2.58. The molecule has 1 amide bonds. The summed E-state index contributed by atoms with van der Waals surface area (Å²) in [6, 6.07) is 8.09. The first-order valence-corrected chi connectivity index (χ1v) is 7.27. The van der Waals surface area contributed by atoms with E-state index in [-0.39, 0.29) is 5.91 Å². The molecule has 0 aliphatic rings. The van der Waals surface area contributed by atoms with Gasteiger partial charge in [0.2, 0.25) is 5.91 Å². The van der Waals surface area contributed by atoms with Gasteiger partial charge in [0.1, 0.15) is 0 Å². The first-order chi connectivity index (χ1) is 8.54. The number of carbonyl (C=O) groups excluding carboxylic acids is 1. The second-order valence-electron chi connectivity index (χ2n) is 4.61. The molecule has 4 heteroatoms. The highest BCUT2D eigenvalue weighted by Gasteiger charge is 2.11. The van der Waals surface area contributed by atoms with E-state index in [1.165, 1.54) is 4.90 Å². The average Bonchev–Trinajstić information content (AvgIpc) is 2.36. The second-order valence-corrected chi connectivity index (χ2v) is 5.46. The quantitative estimate of drug-likeness (QED) is 0.736. The molecule has 0 atom stereocenters. The van der Waals surface area contributed by atoms with Crippen LogP contribution in [0.5, 0.6) is 0 Å². The molecule has 0 saturated heterocycles. The Morgan fingerprint density at radius 3 is 2.44 bits per heavy atom. The van der Waals surface area contributed by atoms with Crippen LogP contribution in [-0.4, -0.2) is 56.2 Å². The van der Waals surface area contributed by atoms with Gasteiger partial charge in [0.25, 0.3) is 0 Å². The van der Waals surface area contributed by atoms with Crippen LogP contribution >= 0.6 is 11.8 Å². The van der Waals surface area contributed by atoms with Crippen molar-refractivity contribution in [1.82, 2.24) is 9.80 Å². The number of nitrogens with zero attached hydrogens (tertiary/aromatic N) is 2. The summed E-state index contributed by atoms with van der Waals surface area (Å²) in [6.07, 6.45) is 2.53. The molecule has 100 valence electrons. The third kappa shape index (κ3) is 4.70. The van der Waals surface area contributed by atoms with E-state index in [9.17, 15) is 4.79 Å². The van der Waals surface area contributed by atoms with Crippen LogP contribution in [0.2, 0.25) is 0 Å². The SMILES string of the molecule is CSc1ccccc1CC(=O)N(C)CCN(C)C. The maximum Gasteiger partial charge on any atom is 0.226 e. The van der Waals surface area contributed by atoms with Crippen LogP contribution in [0.4, 0.5) is 0 Å². The summed E-state index contributed by atoms with van der Waals surface area (Å²) < 4.78 is 0. The fourth-order valence-electron chi connectivity index (χ4n) is 1.62. The summed E-state index contributed by atoms with van der Waals surface area (Å²) >= 11 is 1.69. The Morgan fingerprint density at radius 2 is 1.83 bits per heavy atom. The van der Waals surface area contributed by atoms with Crippen LogP contribution < -0.4 is 0 Å². The van der Waals surface area contributed by atoms with Crippen molar-refractivity contribution in [2.75, 3.05) is 40.5 Å². The molecule has 1 aromatic rings. The standard InChI is InChI=1S/C14H22N2OS/c1-15(2)9-10-16(3)14(17)11-12-7-5-6-8-13(12)18-4/h5-8H,9-11H2,1-4H3. The number of likely N-dealkylation sites (N-methyl/N-ethyl adjacent to an activating group) is 2. The van der Waals surface area contributed by atoms with Crippen molar-refractivity contribution < 1.29 is 4.79 Å². The lowest BCUT2D eigenvalue weighted by Crippen LogP contribution is -2.34. The molecule has 18 heavy (non-hydrogen) atoms. The summed E-state index contributed by atoms with van der Waals surface area (Å²) in [6.45, 7) is 1.67. The van der Waals surface area contributed by atoms with Crippen LogP contribution in [0.1, 0.15) is 5.56 Å². The zero-order valence-corrected chi connectivity index (χ0v) is 12.5. The van der Waals surface area contributed by atoms with Crippen molar-refractivity contribution in [3.05, 3.63) is 29.8 Å². The maximum absolute atomic E-state index is 12.1. The lowest BCUT2D eigenvalue weighted by Gasteiger charge is -2.20. The van der Waals surface area contributed by atoms with Crippen molar-refractivity contribution in [2.24, 2.45) is 0 Å². The molecule has 0 aliphatic heterocycles. The van der Waals surface area contributed by atoms with Gasteiger partial charge in [-0.15, -0.1) is 11.8 Å². The third-order valence-corrected chi connectivity index (χ3v) is 3.68. The molecule has 0 spiro atoms. The first-order valence-electron chi connectivity index (χ1n) is 6.05. The largest absolute Gasteiger partial charge is 0.344 e. The van der Waals surface area contributed by atoms with E-state index < -0.39 is 0 Å². The lowest BCUT2D eigenvalue weighted by molar-refractivity contribution is -0.129. The van der Waals surface area contributed by atoms with E-state index >= 15 is 0 Å². The molecule has 0 aliphatic carbocycles. The Bertz CT molecular complexity index is 393. The van der Waals surface area contributed by atoms with Crippen molar-refractivity contribution in [3.63, 3.8) is 0 Å². The normalized spacial score (nSPS) is 10.7. The fraction of sp³-hybridized carbons (Fsp3) is 0.500. The van der Waals surface area contributed by atoms with Crippen molar-refractivity contribution in [1.29, 1.82) is 0 Å². The van der Waals surface area contributed by atoms with Crippen LogP contribution in [0.25, 0.3) is 0 Å². The summed E-state index contributed by atoms with van der Waals surface area (Å²) in [5.41, 5.74) is 1.12. The monoisotopic (exact) mass is 266 g/mol. The zero-order chi connectivity index (χ0) is 13.5. The van der Waals surface area contributed by atoms with Gasteiger partial charge in [-0.1, -0.05) is 18.2 Å². The van der Waals surface area contributed by atoms with Crippen LogP contribution in [0, 0.1) is 0 Å². The summed E-state index contributed by atoms with van der Waals surface area (Å²) in [7, 11) is 5.90. The van der Waals surface area contributed by atoms with E-state index in [0.717, 1.165) is 18.7 Å². The number of benzene rings is 1. The topological polar surface area (TPSA) is 23.6 Å². The second kappa shape index (κ2) is 7.44. The predicted molar refractivity (Wildman–Crippen MR) is 78.1 cm³/mol. The predicted octanol–water partition coefficient (Wildman–Crippen LogP) is 1.97. The Labute approximate surface area is 114 Å². The Morgan fingerprint density at radius 1 is 1.17 bits per heavy atom. The number of carbonyl (C=O) groups is 1. The highest BCUT2D eigenvalue weighted by Crippen LogP contribution is 2.20. The molecule has 0 aromatic heterocycles. The molecular weight excluding hydrogens is 244 g/mol. The van der Waals surface area contributed by atoms with Gasteiger partial charge in [0.15, 0.2) is 0 Å². The molecule has 0 bridgehead atoms. The zero-order valence-electron chi connectivity index (χ0n) is 11.6. The Hall–Kier alpha value is -1.00. The minimum absolute atomic E-state index is 0.179. The van der Waals surface area contributed by atoms with Crippen LogP contribution in [-0.2, 0) is 11.2 Å². The van der Waals surface area contributed by atoms with Gasteiger partial charge in [-0.2, -0.15) is 0 Å². The third-order valence-electron chi connectivity index (χ3n) is 2.84. The van der Waals surface area contributed by atoms with E-state index in [1.807, 2.05) is 45.6 Å². The van der Waals surface area contributed by atoms with E-state index in [0.29, 0.717) is 6.42 Å². The number of hydrogen-bond donors (Lipinski definition) is 0. The van der Waals surface area contributed by atoms with Gasteiger partial charge in [-0.05, 0) is 32.0 Å². The number of hydrogen-bond acceptors (Lipinski definition) is 3. The highest BCUT2D eigenvalue weighted by molar-refractivity contribution is 7.98. The van der Waals surface area contributed by atoms with Gasteiger partial charge in [0.05, 0.1) is 6.42 Å². The van der Waals surface area contributed by atoms with Crippen molar-refractivity contribution in [3.8, 4) is 0 Å². The van der Waals surface area contributed by atoms with Crippen LogP contribution in [0.15, 0.2) is 29.2 Å². The lowest BCUT2D eigenvalue weighted by atomic mass is 10.1. The molecule has 0 heterocycles. The van der Waals surface area contributed by atoms with E-state index in [1.54, 1.807) is 16.7 Å². The Kier molecular flexibility index (Phi) is 6.22. The molecular formula is C14H22N2OS. The van der Waals surface area contributed by atoms with Gasteiger partial charge in [0, 0.05) is 25.0 Å². The summed E-state index contributed by atoms with van der Waals surface area (Å²) in [5, 5.41) is 0. The molecule has 0 saturated carbocycles. The van der Waals surface area contributed by atoms with E-state index in [4.69, 9.17) is 0 Å². The van der Waals surface area contributed by atoms with Gasteiger partial charge in [-0.25, -0.2) is 0 Å². The summed E-state index contributed by atoms with van der Waals surface area (Å²) in [4.78, 5) is 17.2. The first kappa shape index (κ1) is 15.1. The number of amides is 1. The van der Waals surface area contributed by atoms with Gasteiger partial charge < -0.3 is 9.80 Å². The molecule has 0 unspecified atom stereocenters. The smallest absolute Gasteiger partial charge is 0.226 e. The maximum atomic E-state index is 12.1. The number of thioether (sulfide) groups is 1. The molecule has 0 fully saturated rings. The molecule has 0 N–H and O–H groups in total. The molecule has 1 rings (SSSR count). The summed E-state index contributed by atoms with van der Waals surface area (Å²) in [5.74, 6) is 0.179. The fourth-order valence-corrected chi connectivity index (χ4v) is 2.24. The van der Waals surface area contributed by atoms with Crippen molar-refractivity contribution >= 4 is 17.7 Å². The molecule has 3 nitrogen and oxygen atoms in total. The van der Waals surface area contributed by atoms with Gasteiger partial charge >= 0.3 is 0 Å². The van der Waals surface area contributed by atoms with E-state index in [2.05, 4.69) is 11.0 Å². The minimum Gasteiger partial charge on any atom is -0.344 e. The number of rotatable bonds is 6. The molecule has 0 radical (unpaired) electrons. The van der Waals surface area contributed by atoms with Crippen LogP contribution in [0.3, 0.4) is 0 Å². The van der Waals surface area contributed by atoms with Crippen molar-refractivity contribution in [2.45, 2.75) is 11.3 Å². The molecule has 1 aromatic carbocycles.